The number of hydrogen-bond acceptors (Lipinski definition) is 4. The van der Waals surface area contributed by atoms with Crippen LogP contribution in [0.4, 0.5) is 4.39 Å². The van der Waals surface area contributed by atoms with Gasteiger partial charge in [0, 0.05) is 6.54 Å². The lowest BCUT2D eigenvalue weighted by Gasteiger charge is -2.29. The molecular weight excluding hydrogens is 357 g/mol. The summed E-state index contributed by atoms with van der Waals surface area (Å²) in [5.74, 6) is 1.41. The SMILES string of the molecule is CCOc1cc2c(cc1OCC)C(c1ccc(F)c(OC)c1)NCC2.Cl. The topological polar surface area (TPSA) is 39.7 Å². The minimum absolute atomic E-state index is 0. The van der Waals surface area contributed by atoms with Crippen LogP contribution in [0.15, 0.2) is 30.3 Å². The molecule has 0 saturated heterocycles. The molecule has 0 saturated carbocycles. The maximum atomic E-state index is 13.8. The van der Waals surface area contributed by atoms with Gasteiger partial charge in [-0.25, -0.2) is 4.39 Å². The number of halogens is 2. The van der Waals surface area contributed by atoms with E-state index in [9.17, 15) is 4.39 Å². The second-order valence-electron chi connectivity index (χ2n) is 5.89. The molecular formula is C20H25ClFNO3. The quantitative estimate of drug-likeness (QED) is 0.810. The Bertz CT molecular complexity index is 754. The molecule has 0 radical (unpaired) electrons. The Labute approximate surface area is 160 Å². The van der Waals surface area contributed by atoms with Gasteiger partial charge in [-0.05, 0) is 61.2 Å². The number of rotatable bonds is 6. The van der Waals surface area contributed by atoms with Crippen LogP contribution >= 0.6 is 12.4 Å². The number of methoxy groups -OCH3 is 1. The van der Waals surface area contributed by atoms with Gasteiger partial charge in [-0.15, -0.1) is 12.4 Å². The first kappa shape index (κ1) is 20.3. The van der Waals surface area contributed by atoms with Crippen molar-refractivity contribution in [3.8, 4) is 17.2 Å². The lowest BCUT2D eigenvalue weighted by Crippen LogP contribution is -2.30. The van der Waals surface area contributed by atoms with Crippen LogP contribution in [-0.4, -0.2) is 26.9 Å². The average molecular weight is 382 g/mol. The molecule has 26 heavy (non-hydrogen) atoms. The molecule has 1 unspecified atom stereocenters. The van der Waals surface area contributed by atoms with Gasteiger partial charge in [-0.3, -0.25) is 0 Å². The number of ether oxygens (including phenoxy) is 3. The summed E-state index contributed by atoms with van der Waals surface area (Å²) in [6.07, 6.45) is 0.913. The summed E-state index contributed by atoms with van der Waals surface area (Å²) in [5.41, 5.74) is 3.32. The number of fused-ring (bicyclic) bond motifs is 1. The van der Waals surface area contributed by atoms with Crippen LogP contribution in [0.3, 0.4) is 0 Å². The molecule has 1 atom stereocenters. The summed E-state index contributed by atoms with van der Waals surface area (Å²) in [6.45, 7) is 5.92. The molecule has 0 fully saturated rings. The molecule has 2 aromatic carbocycles. The van der Waals surface area contributed by atoms with Crippen LogP contribution in [0, 0.1) is 5.82 Å². The van der Waals surface area contributed by atoms with Crippen molar-refractivity contribution in [2.24, 2.45) is 0 Å². The van der Waals surface area contributed by atoms with Crippen LogP contribution in [-0.2, 0) is 6.42 Å². The second kappa shape index (κ2) is 9.10. The van der Waals surface area contributed by atoms with Gasteiger partial charge < -0.3 is 19.5 Å². The van der Waals surface area contributed by atoms with Crippen molar-refractivity contribution >= 4 is 12.4 Å². The Balaban J connectivity index is 0.00000243. The van der Waals surface area contributed by atoms with E-state index in [1.807, 2.05) is 19.9 Å². The van der Waals surface area contributed by atoms with Crippen LogP contribution in [0.2, 0.25) is 0 Å². The van der Waals surface area contributed by atoms with Crippen molar-refractivity contribution < 1.29 is 18.6 Å². The van der Waals surface area contributed by atoms with Crippen LogP contribution in [0.1, 0.15) is 36.6 Å². The highest BCUT2D eigenvalue weighted by Crippen LogP contribution is 2.38. The van der Waals surface area contributed by atoms with Gasteiger partial charge in [0.25, 0.3) is 0 Å². The highest BCUT2D eigenvalue weighted by atomic mass is 35.5. The normalized spacial score (nSPS) is 15.6. The fraction of sp³-hybridized carbons (Fsp3) is 0.400. The highest BCUT2D eigenvalue weighted by Gasteiger charge is 2.25. The molecule has 0 spiro atoms. The first-order valence-electron chi connectivity index (χ1n) is 8.67. The van der Waals surface area contributed by atoms with E-state index in [4.69, 9.17) is 14.2 Å². The Morgan fingerprint density at radius 2 is 1.73 bits per heavy atom. The first-order chi connectivity index (χ1) is 12.2. The van der Waals surface area contributed by atoms with Gasteiger partial charge in [-0.2, -0.15) is 0 Å². The zero-order valence-electron chi connectivity index (χ0n) is 15.3. The van der Waals surface area contributed by atoms with E-state index in [-0.39, 0.29) is 30.0 Å². The van der Waals surface area contributed by atoms with Gasteiger partial charge in [0.2, 0.25) is 0 Å². The second-order valence-corrected chi connectivity index (χ2v) is 5.89. The van der Waals surface area contributed by atoms with E-state index in [0.29, 0.717) is 13.2 Å². The monoisotopic (exact) mass is 381 g/mol. The molecule has 0 aromatic heterocycles. The Morgan fingerprint density at radius 3 is 2.38 bits per heavy atom. The largest absolute Gasteiger partial charge is 0.494 e. The zero-order valence-corrected chi connectivity index (χ0v) is 16.1. The molecule has 6 heteroatoms. The molecule has 3 rings (SSSR count). The molecule has 0 aliphatic carbocycles. The molecule has 0 bridgehead atoms. The fourth-order valence-corrected chi connectivity index (χ4v) is 3.25. The van der Waals surface area contributed by atoms with Gasteiger partial charge >= 0.3 is 0 Å². The maximum absolute atomic E-state index is 13.8. The van der Waals surface area contributed by atoms with Crippen molar-refractivity contribution in [2.45, 2.75) is 26.3 Å². The predicted octanol–water partition coefficient (Wildman–Crippen LogP) is 4.29. The third-order valence-electron chi connectivity index (χ3n) is 4.37. The van der Waals surface area contributed by atoms with Gasteiger partial charge in [-0.1, -0.05) is 6.07 Å². The molecule has 1 heterocycles. The summed E-state index contributed by atoms with van der Waals surface area (Å²) in [6, 6.07) is 9.06. The highest BCUT2D eigenvalue weighted by molar-refractivity contribution is 5.85. The molecule has 1 aliphatic rings. The molecule has 1 N–H and O–H groups in total. The maximum Gasteiger partial charge on any atom is 0.165 e. The summed E-state index contributed by atoms with van der Waals surface area (Å²) >= 11 is 0. The summed E-state index contributed by atoms with van der Waals surface area (Å²) in [7, 11) is 1.48. The van der Waals surface area contributed by atoms with Crippen molar-refractivity contribution in [1.29, 1.82) is 0 Å². The fourth-order valence-electron chi connectivity index (χ4n) is 3.25. The van der Waals surface area contributed by atoms with Crippen molar-refractivity contribution in [2.75, 3.05) is 26.9 Å². The Morgan fingerprint density at radius 1 is 1.04 bits per heavy atom. The third kappa shape index (κ3) is 4.05. The van der Waals surface area contributed by atoms with Crippen LogP contribution in [0.25, 0.3) is 0 Å². The minimum Gasteiger partial charge on any atom is -0.494 e. The minimum atomic E-state index is -0.357. The summed E-state index contributed by atoms with van der Waals surface area (Å²) in [5, 5.41) is 3.51. The summed E-state index contributed by atoms with van der Waals surface area (Å²) in [4.78, 5) is 0. The lowest BCUT2D eigenvalue weighted by molar-refractivity contribution is 0.286. The average Bonchev–Trinajstić information content (AvgIpc) is 2.63. The Kier molecular flexibility index (Phi) is 7.12. The zero-order chi connectivity index (χ0) is 17.8. The third-order valence-corrected chi connectivity index (χ3v) is 4.37. The molecule has 2 aromatic rings. The van der Waals surface area contributed by atoms with Crippen molar-refractivity contribution in [3.05, 3.63) is 52.8 Å². The predicted molar refractivity (Wildman–Crippen MR) is 103 cm³/mol. The molecule has 0 amide bonds. The van der Waals surface area contributed by atoms with Gasteiger partial charge in [0.1, 0.15) is 0 Å². The number of nitrogens with one attached hydrogen (secondary N) is 1. The molecule has 1 aliphatic heterocycles. The van der Waals surface area contributed by atoms with E-state index in [1.54, 1.807) is 12.1 Å². The number of hydrogen-bond donors (Lipinski definition) is 1. The molecule has 4 nitrogen and oxygen atoms in total. The van der Waals surface area contributed by atoms with Crippen molar-refractivity contribution in [3.63, 3.8) is 0 Å². The van der Waals surface area contributed by atoms with E-state index in [1.165, 1.54) is 18.7 Å². The van der Waals surface area contributed by atoms with Crippen LogP contribution < -0.4 is 19.5 Å². The van der Waals surface area contributed by atoms with Crippen LogP contribution in [0.5, 0.6) is 17.2 Å². The van der Waals surface area contributed by atoms with Gasteiger partial charge in [0.15, 0.2) is 23.1 Å². The smallest absolute Gasteiger partial charge is 0.165 e. The van der Waals surface area contributed by atoms with E-state index in [2.05, 4.69) is 11.4 Å². The number of benzene rings is 2. The Hall–Kier alpha value is -1.98. The molecule has 142 valence electrons. The lowest BCUT2D eigenvalue weighted by atomic mass is 9.89. The van der Waals surface area contributed by atoms with Gasteiger partial charge in [0.05, 0.1) is 26.4 Å². The summed E-state index contributed by atoms with van der Waals surface area (Å²) < 4.78 is 30.4. The van der Waals surface area contributed by atoms with E-state index in [0.717, 1.165) is 35.6 Å². The van der Waals surface area contributed by atoms with E-state index < -0.39 is 0 Å². The first-order valence-corrected chi connectivity index (χ1v) is 8.67. The standard InChI is InChI=1S/C20H24FNO3.ClH/c1-4-24-18-10-13-8-9-22-20(15(13)12-19(18)25-5-2)14-6-7-16(21)17(11-14)23-3;/h6-7,10-12,20,22H,4-5,8-9H2,1-3H3;1H. The van der Waals surface area contributed by atoms with Crippen molar-refractivity contribution in [1.82, 2.24) is 5.32 Å². The van der Waals surface area contributed by atoms with E-state index >= 15 is 0 Å².